The number of alkyl halides is 1. The van der Waals surface area contributed by atoms with Crippen molar-refractivity contribution < 1.29 is 4.79 Å². The first kappa shape index (κ1) is 12.0. The Balaban J connectivity index is 1.85. The minimum absolute atomic E-state index is 0.122. The molecular weight excluding hydrogens is 278 g/mol. The molecule has 0 heterocycles. The van der Waals surface area contributed by atoms with E-state index in [9.17, 15) is 4.79 Å². The van der Waals surface area contributed by atoms with Crippen LogP contribution in [0.1, 0.15) is 52.4 Å². The van der Waals surface area contributed by atoms with Gasteiger partial charge in [-0.25, -0.2) is 0 Å². The van der Waals surface area contributed by atoms with Gasteiger partial charge in [-0.2, -0.15) is 0 Å². The van der Waals surface area contributed by atoms with Crippen LogP contribution < -0.4 is 5.32 Å². The Labute approximate surface area is 112 Å². The third-order valence-electron chi connectivity index (χ3n) is 5.37. The Kier molecular flexibility index (Phi) is 2.63. The molecule has 4 rings (SSSR count). The maximum absolute atomic E-state index is 11.3. The number of halogens is 1. The molecule has 5 atom stereocenters. The van der Waals surface area contributed by atoms with Gasteiger partial charge in [0.25, 0.3) is 0 Å². The summed E-state index contributed by atoms with van der Waals surface area (Å²) in [7, 11) is 0. The van der Waals surface area contributed by atoms with E-state index in [2.05, 4.69) is 28.2 Å². The minimum Gasteiger partial charge on any atom is -0.353 e. The molecule has 2 nitrogen and oxygen atoms in total. The van der Waals surface area contributed by atoms with Crippen LogP contribution in [0.3, 0.4) is 0 Å². The first-order valence-electron chi connectivity index (χ1n) is 6.87. The molecule has 1 N–H and O–H groups in total. The molecule has 0 aliphatic heterocycles. The van der Waals surface area contributed by atoms with Crippen LogP contribution in [0.5, 0.6) is 0 Å². The largest absolute Gasteiger partial charge is 0.353 e. The summed E-state index contributed by atoms with van der Waals surface area (Å²) in [6, 6.07) is 0.336. The van der Waals surface area contributed by atoms with Crippen molar-refractivity contribution in [3.8, 4) is 0 Å². The van der Waals surface area contributed by atoms with Crippen molar-refractivity contribution in [2.45, 2.75) is 62.7 Å². The molecule has 4 aliphatic carbocycles. The second kappa shape index (κ2) is 3.72. The zero-order valence-electron chi connectivity index (χ0n) is 10.8. The molecule has 0 radical (unpaired) electrons. The van der Waals surface area contributed by atoms with E-state index in [4.69, 9.17) is 0 Å². The van der Waals surface area contributed by atoms with Crippen LogP contribution in [0.25, 0.3) is 0 Å². The predicted octanol–water partition coefficient (Wildman–Crippen LogP) is 3.24. The monoisotopic (exact) mass is 299 g/mol. The van der Waals surface area contributed by atoms with Gasteiger partial charge in [-0.1, -0.05) is 15.9 Å². The van der Waals surface area contributed by atoms with Crippen molar-refractivity contribution in [2.24, 2.45) is 17.3 Å². The number of rotatable bonds is 2. The number of hydrogen-bond acceptors (Lipinski definition) is 1. The van der Waals surface area contributed by atoms with Crippen LogP contribution >= 0.6 is 15.9 Å². The molecule has 4 bridgehead atoms. The van der Waals surface area contributed by atoms with Gasteiger partial charge in [-0.3, -0.25) is 4.79 Å². The summed E-state index contributed by atoms with van der Waals surface area (Å²) < 4.78 is 0.393. The molecule has 3 heteroatoms. The van der Waals surface area contributed by atoms with E-state index >= 15 is 0 Å². The smallest absolute Gasteiger partial charge is 0.217 e. The summed E-state index contributed by atoms with van der Waals surface area (Å²) in [5.41, 5.74) is 0.374. The first-order chi connectivity index (χ1) is 7.91. The third-order valence-corrected chi connectivity index (χ3v) is 6.30. The minimum atomic E-state index is 0.122. The zero-order valence-corrected chi connectivity index (χ0v) is 12.3. The number of nitrogens with one attached hydrogen (secondary N) is 1. The van der Waals surface area contributed by atoms with Gasteiger partial charge in [-0.15, -0.1) is 0 Å². The molecule has 0 spiro atoms. The van der Waals surface area contributed by atoms with E-state index in [1.807, 2.05) is 0 Å². The Bertz CT molecular complexity index is 340. The van der Waals surface area contributed by atoms with Crippen LogP contribution in [0.4, 0.5) is 0 Å². The fourth-order valence-electron chi connectivity index (χ4n) is 5.18. The lowest BCUT2D eigenvalue weighted by atomic mass is 9.48. The van der Waals surface area contributed by atoms with Gasteiger partial charge < -0.3 is 5.32 Å². The molecule has 1 amide bonds. The van der Waals surface area contributed by atoms with Crippen LogP contribution in [0, 0.1) is 17.3 Å². The third kappa shape index (κ3) is 1.94. The second-order valence-corrected chi connectivity index (χ2v) is 8.58. The number of carbonyl (C=O) groups excluding carboxylic acids is 1. The topological polar surface area (TPSA) is 29.1 Å². The van der Waals surface area contributed by atoms with Crippen molar-refractivity contribution >= 4 is 21.8 Å². The summed E-state index contributed by atoms with van der Waals surface area (Å²) in [5.74, 6) is 1.91. The fraction of sp³-hybridized carbons (Fsp3) is 0.929. The Morgan fingerprint density at radius 2 is 1.88 bits per heavy atom. The average Bonchev–Trinajstić information content (AvgIpc) is 2.11. The van der Waals surface area contributed by atoms with E-state index in [0.29, 0.717) is 15.8 Å². The maximum atomic E-state index is 11.3. The van der Waals surface area contributed by atoms with Crippen LogP contribution in [-0.4, -0.2) is 16.3 Å². The molecule has 0 aromatic heterocycles. The summed E-state index contributed by atoms with van der Waals surface area (Å²) in [6.45, 7) is 3.85. The zero-order chi connectivity index (χ0) is 12.3. The van der Waals surface area contributed by atoms with Crippen molar-refractivity contribution in [1.82, 2.24) is 5.32 Å². The summed E-state index contributed by atoms with van der Waals surface area (Å²) >= 11 is 4.01. The van der Waals surface area contributed by atoms with Gasteiger partial charge in [0, 0.05) is 17.3 Å². The van der Waals surface area contributed by atoms with Gasteiger partial charge in [-0.05, 0) is 62.7 Å². The highest BCUT2D eigenvalue weighted by Gasteiger charge is 2.58. The Morgan fingerprint density at radius 1 is 1.29 bits per heavy atom. The quantitative estimate of drug-likeness (QED) is 0.779. The lowest BCUT2D eigenvalue weighted by Gasteiger charge is -2.62. The van der Waals surface area contributed by atoms with Gasteiger partial charge in [0.05, 0.1) is 0 Å². The summed E-state index contributed by atoms with van der Waals surface area (Å²) in [4.78, 5) is 11.3. The van der Waals surface area contributed by atoms with E-state index in [1.54, 1.807) is 6.92 Å². The van der Waals surface area contributed by atoms with Gasteiger partial charge in [0.15, 0.2) is 0 Å². The highest BCUT2D eigenvalue weighted by molar-refractivity contribution is 9.10. The molecule has 4 aliphatic rings. The predicted molar refractivity (Wildman–Crippen MR) is 72.1 cm³/mol. The van der Waals surface area contributed by atoms with Gasteiger partial charge in [0.1, 0.15) is 0 Å². The maximum Gasteiger partial charge on any atom is 0.217 e. The number of hydrogen-bond donors (Lipinski definition) is 1. The molecule has 0 aromatic carbocycles. The lowest BCUT2D eigenvalue weighted by molar-refractivity contribution is -0.123. The molecule has 4 saturated carbocycles. The molecule has 96 valence electrons. The van der Waals surface area contributed by atoms with Crippen LogP contribution in [0.15, 0.2) is 0 Å². The Morgan fingerprint density at radius 3 is 2.35 bits per heavy atom. The van der Waals surface area contributed by atoms with Crippen LogP contribution in [0.2, 0.25) is 0 Å². The van der Waals surface area contributed by atoms with Crippen molar-refractivity contribution in [3.63, 3.8) is 0 Å². The van der Waals surface area contributed by atoms with E-state index in [1.165, 1.54) is 38.5 Å². The molecule has 4 fully saturated rings. The molecule has 0 saturated heterocycles. The molecule has 0 aromatic rings. The number of amides is 1. The van der Waals surface area contributed by atoms with E-state index < -0.39 is 0 Å². The molecular formula is C14H22BrNO. The highest BCUT2D eigenvalue weighted by Crippen LogP contribution is 2.65. The molecule has 3 unspecified atom stereocenters. The highest BCUT2D eigenvalue weighted by atomic mass is 79.9. The average molecular weight is 300 g/mol. The summed E-state index contributed by atoms with van der Waals surface area (Å²) in [6.07, 6.45) is 8.07. The van der Waals surface area contributed by atoms with Crippen molar-refractivity contribution in [1.29, 1.82) is 0 Å². The lowest BCUT2D eigenvalue weighted by Crippen LogP contribution is -2.59. The van der Waals surface area contributed by atoms with E-state index in [0.717, 1.165) is 11.8 Å². The van der Waals surface area contributed by atoms with Gasteiger partial charge >= 0.3 is 0 Å². The first-order valence-corrected chi connectivity index (χ1v) is 7.66. The van der Waals surface area contributed by atoms with Crippen LogP contribution in [-0.2, 0) is 4.79 Å². The van der Waals surface area contributed by atoms with Crippen molar-refractivity contribution in [3.05, 3.63) is 0 Å². The normalized spacial score (nSPS) is 49.1. The fourth-order valence-corrected chi connectivity index (χ4v) is 6.66. The van der Waals surface area contributed by atoms with Crippen molar-refractivity contribution in [2.75, 3.05) is 0 Å². The van der Waals surface area contributed by atoms with Gasteiger partial charge in [0.2, 0.25) is 5.91 Å². The summed E-state index contributed by atoms with van der Waals surface area (Å²) in [5, 5.41) is 3.16. The standard InChI is InChI=1S/C14H22BrNO/c1-9(16-10(2)17)13-4-11-3-12(5-13)7-14(15,6-11)8-13/h9,11-12H,3-8H2,1-2H3,(H,16,17)/t9?,11-,12+,13?,14?. The SMILES string of the molecule is CC(=O)NC(C)C12C[C@@H]3C[C@@H](CC(Br)(C3)C1)C2. The number of carbonyl (C=O) groups is 1. The second-order valence-electron chi connectivity index (χ2n) is 6.90. The molecule has 17 heavy (non-hydrogen) atoms. The van der Waals surface area contributed by atoms with E-state index in [-0.39, 0.29) is 5.91 Å². The Hall–Kier alpha value is -0.0500.